The number of hydrogen-bond acceptors (Lipinski definition) is 6. The van der Waals surface area contributed by atoms with Crippen molar-refractivity contribution in [2.45, 2.75) is 27.3 Å². The van der Waals surface area contributed by atoms with E-state index < -0.39 is 0 Å². The van der Waals surface area contributed by atoms with Crippen molar-refractivity contribution in [3.8, 4) is 5.95 Å². The van der Waals surface area contributed by atoms with Crippen LogP contribution >= 0.6 is 11.6 Å². The lowest BCUT2D eigenvalue weighted by atomic mass is 10.2. The molecule has 1 aliphatic heterocycles. The van der Waals surface area contributed by atoms with Gasteiger partial charge in [0.1, 0.15) is 5.82 Å². The molecule has 32 heavy (non-hydrogen) atoms. The summed E-state index contributed by atoms with van der Waals surface area (Å²) in [5.41, 5.74) is 3.71. The van der Waals surface area contributed by atoms with E-state index in [1.807, 2.05) is 51.1 Å². The Balaban J connectivity index is 1.33. The van der Waals surface area contributed by atoms with Crippen molar-refractivity contribution in [1.29, 1.82) is 0 Å². The fourth-order valence-corrected chi connectivity index (χ4v) is 4.14. The molecule has 3 heterocycles. The zero-order valence-electron chi connectivity index (χ0n) is 18.7. The van der Waals surface area contributed by atoms with Crippen molar-refractivity contribution >= 4 is 23.3 Å². The number of halogens is 1. The van der Waals surface area contributed by atoms with E-state index in [0.717, 1.165) is 54.8 Å². The van der Waals surface area contributed by atoms with Gasteiger partial charge in [-0.3, -0.25) is 14.6 Å². The van der Waals surface area contributed by atoms with Gasteiger partial charge in [-0.2, -0.15) is 9.78 Å². The molecule has 0 saturated carbocycles. The molecule has 1 amide bonds. The number of nitrogens with zero attached hydrogens (tertiary/aromatic N) is 6. The second-order valence-electron chi connectivity index (χ2n) is 8.26. The summed E-state index contributed by atoms with van der Waals surface area (Å²) in [6.45, 7) is 10.4. The number of nitrogens with one attached hydrogen (secondary N) is 1. The Kier molecular flexibility index (Phi) is 6.83. The van der Waals surface area contributed by atoms with E-state index in [-0.39, 0.29) is 5.91 Å². The third-order valence-corrected chi connectivity index (χ3v) is 5.62. The number of amides is 1. The Morgan fingerprint density at radius 3 is 2.34 bits per heavy atom. The molecule has 168 valence electrons. The van der Waals surface area contributed by atoms with Gasteiger partial charge in [0.2, 0.25) is 5.91 Å². The summed E-state index contributed by atoms with van der Waals surface area (Å²) >= 11 is 6.09. The molecule has 0 aliphatic carbocycles. The number of carbonyl (C=O) groups is 1. The molecule has 1 fully saturated rings. The largest absolute Gasteiger partial charge is 0.309 e. The number of rotatable bonds is 6. The maximum absolute atomic E-state index is 12.8. The second-order valence-corrected chi connectivity index (χ2v) is 8.70. The van der Waals surface area contributed by atoms with E-state index >= 15 is 0 Å². The van der Waals surface area contributed by atoms with Crippen LogP contribution in [-0.2, 0) is 11.3 Å². The molecular formula is C23H28ClN7O. The highest BCUT2D eigenvalue weighted by Gasteiger charge is 2.20. The topological polar surface area (TPSA) is 79.2 Å². The zero-order valence-corrected chi connectivity index (χ0v) is 19.4. The molecule has 0 atom stereocenters. The molecule has 0 unspecified atom stereocenters. The predicted octanol–water partition coefficient (Wildman–Crippen LogP) is 3.00. The minimum absolute atomic E-state index is 0.0705. The Bertz CT molecular complexity index is 1090. The van der Waals surface area contributed by atoms with Crippen molar-refractivity contribution < 1.29 is 4.79 Å². The molecule has 2 aromatic heterocycles. The lowest BCUT2D eigenvalue weighted by Crippen LogP contribution is -2.48. The van der Waals surface area contributed by atoms with E-state index in [1.54, 1.807) is 4.68 Å². The third-order valence-electron chi connectivity index (χ3n) is 5.39. The molecule has 4 rings (SSSR count). The van der Waals surface area contributed by atoms with Crippen LogP contribution in [0.2, 0.25) is 5.02 Å². The number of piperazine rings is 1. The lowest BCUT2D eigenvalue weighted by molar-refractivity contribution is -0.117. The fraction of sp³-hybridized carbons (Fsp3) is 0.391. The zero-order chi connectivity index (χ0) is 22.7. The summed E-state index contributed by atoms with van der Waals surface area (Å²) in [6.07, 6.45) is 0. The molecule has 1 aromatic carbocycles. The molecule has 8 nitrogen and oxygen atoms in total. The molecule has 9 heteroatoms. The molecule has 1 aliphatic rings. The fourth-order valence-electron chi connectivity index (χ4n) is 3.93. The first-order chi connectivity index (χ1) is 15.4. The normalized spacial score (nSPS) is 15.1. The lowest BCUT2D eigenvalue weighted by Gasteiger charge is -2.34. The molecule has 1 N–H and O–H groups in total. The van der Waals surface area contributed by atoms with Crippen molar-refractivity contribution in [2.75, 3.05) is 38.0 Å². The Morgan fingerprint density at radius 2 is 1.66 bits per heavy atom. The Morgan fingerprint density at radius 1 is 0.969 bits per heavy atom. The van der Waals surface area contributed by atoms with Gasteiger partial charge in [0.25, 0.3) is 5.95 Å². The van der Waals surface area contributed by atoms with E-state index in [9.17, 15) is 4.79 Å². The molecule has 0 bridgehead atoms. The monoisotopic (exact) mass is 453 g/mol. The van der Waals surface area contributed by atoms with Crippen LogP contribution in [-0.4, -0.2) is 68.2 Å². The Hall–Kier alpha value is -2.81. The second kappa shape index (κ2) is 9.77. The first-order valence-electron chi connectivity index (χ1n) is 10.7. The van der Waals surface area contributed by atoms with Gasteiger partial charge in [-0.05, 0) is 44.5 Å². The average Bonchev–Trinajstić information content (AvgIpc) is 3.09. The SMILES string of the molecule is Cc1cc(C)nc(-n2nc(C)cc2NC(=O)CN2CCN(Cc3cccc(Cl)c3)CC2)n1. The first-order valence-corrected chi connectivity index (χ1v) is 11.1. The summed E-state index contributed by atoms with van der Waals surface area (Å²) in [6, 6.07) is 11.7. The summed E-state index contributed by atoms with van der Waals surface area (Å²) in [5.74, 6) is 0.969. The van der Waals surface area contributed by atoms with Gasteiger partial charge in [0.05, 0.1) is 12.2 Å². The van der Waals surface area contributed by atoms with Crippen LogP contribution < -0.4 is 5.32 Å². The van der Waals surface area contributed by atoms with Gasteiger partial charge in [0.15, 0.2) is 0 Å². The number of aryl methyl sites for hydroxylation is 3. The van der Waals surface area contributed by atoms with E-state index in [2.05, 4.69) is 36.2 Å². The summed E-state index contributed by atoms with van der Waals surface area (Å²) in [4.78, 5) is 26.2. The highest BCUT2D eigenvalue weighted by atomic mass is 35.5. The van der Waals surface area contributed by atoms with E-state index in [0.29, 0.717) is 18.3 Å². The average molecular weight is 454 g/mol. The summed E-state index contributed by atoms with van der Waals surface area (Å²) in [7, 11) is 0. The van der Waals surface area contributed by atoms with Gasteiger partial charge in [-0.1, -0.05) is 23.7 Å². The minimum Gasteiger partial charge on any atom is -0.309 e. The molecule has 3 aromatic rings. The first kappa shape index (κ1) is 22.4. The molecule has 0 spiro atoms. The van der Waals surface area contributed by atoms with Gasteiger partial charge >= 0.3 is 0 Å². The van der Waals surface area contributed by atoms with Gasteiger partial charge in [0, 0.05) is 55.2 Å². The van der Waals surface area contributed by atoms with Crippen LogP contribution in [0, 0.1) is 20.8 Å². The molecule has 1 saturated heterocycles. The van der Waals surface area contributed by atoms with E-state index in [4.69, 9.17) is 11.6 Å². The maximum atomic E-state index is 12.8. The number of benzene rings is 1. The number of hydrogen-bond donors (Lipinski definition) is 1. The number of carbonyl (C=O) groups excluding carboxylic acids is 1. The van der Waals surface area contributed by atoms with Crippen molar-refractivity contribution in [1.82, 2.24) is 29.5 Å². The molecule has 0 radical (unpaired) electrons. The van der Waals surface area contributed by atoms with Gasteiger partial charge < -0.3 is 5.32 Å². The number of anilines is 1. The highest BCUT2D eigenvalue weighted by Crippen LogP contribution is 2.16. The Labute approximate surface area is 193 Å². The quantitative estimate of drug-likeness (QED) is 0.618. The van der Waals surface area contributed by atoms with E-state index in [1.165, 1.54) is 5.56 Å². The maximum Gasteiger partial charge on any atom is 0.252 e. The van der Waals surface area contributed by atoms with Crippen molar-refractivity contribution in [3.05, 3.63) is 64.1 Å². The highest BCUT2D eigenvalue weighted by molar-refractivity contribution is 6.30. The minimum atomic E-state index is -0.0705. The summed E-state index contributed by atoms with van der Waals surface area (Å²) in [5, 5.41) is 8.21. The molecular weight excluding hydrogens is 426 g/mol. The predicted molar refractivity (Wildman–Crippen MR) is 125 cm³/mol. The van der Waals surface area contributed by atoms with Crippen molar-refractivity contribution in [3.63, 3.8) is 0 Å². The third kappa shape index (κ3) is 5.70. The van der Waals surface area contributed by atoms with Crippen LogP contribution in [0.25, 0.3) is 5.95 Å². The standard InChI is InChI=1S/C23H28ClN7O/c1-16-11-17(2)26-23(25-16)31-21(12-18(3)28-31)27-22(32)15-30-9-7-29(8-10-30)14-19-5-4-6-20(24)13-19/h4-6,11-13H,7-10,14-15H2,1-3H3,(H,27,32). The van der Waals surface area contributed by atoms with Crippen LogP contribution in [0.5, 0.6) is 0 Å². The van der Waals surface area contributed by atoms with Crippen LogP contribution in [0.4, 0.5) is 5.82 Å². The van der Waals surface area contributed by atoms with Crippen LogP contribution in [0.3, 0.4) is 0 Å². The number of aromatic nitrogens is 4. The van der Waals surface area contributed by atoms with Crippen molar-refractivity contribution in [2.24, 2.45) is 0 Å². The van der Waals surface area contributed by atoms with Crippen LogP contribution in [0.1, 0.15) is 22.6 Å². The van der Waals surface area contributed by atoms with Gasteiger partial charge in [-0.15, -0.1) is 0 Å². The van der Waals surface area contributed by atoms with Crippen LogP contribution in [0.15, 0.2) is 36.4 Å². The summed E-state index contributed by atoms with van der Waals surface area (Å²) < 4.78 is 1.59. The smallest absolute Gasteiger partial charge is 0.252 e. The van der Waals surface area contributed by atoms with Gasteiger partial charge in [-0.25, -0.2) is 9.97 Å².